The summed E-state index contributed by atoms with van der Waals surface area (Å²) in [6, 6.07) is 52.1. The lowest BCUT2D eigenvalue weighted by Gasteiger charge is -2.10. The first kappa shape index (κ1) is 28.8. The van der Waals surface area contributed by atoms with Crippen molar-refractivity contribution in [2.75, 3.05) is 0 Å². The van der Waals surface area contributed by atoms with Crippen molar-refractivity contribution in [3.05, 3.63) is 152 Å². The third kappa shape index (κ3) is 4.86. The molecule has 0 amide bonds. The minimum atomic E-state index is 0.630. The highest BCUT2D eigenvalue weighted by molar-refractivity contribution is 7.26. The number of hydrogen-bond donors (Lipinski definition) is 0. The SMILES string of the molecule is c1ccc(-c2nc(-c3ccccc3)nc(-c3ccc4sc5cccc(-c6nc(-c7ccccc7)c7sc8ccccc8c7n6)c5c4c3)n2)cc1. The Morgan fingerprint density at radius 2 is 0.940 bits per heavy atom. The summed E-state index contributed by atoms with van der Waals surface area (Å²) in [4.78, 5) is 25.5. The maximum atomic E-state index is 5.32. The molecule has 0 N–H and O–H groups in total. The molecule has 0 bridgehead atoms. The van der Waals surface area contributed by atoms with Crippen molar-refractivity contribution in [3.63, 3.8) is 0 Å². The highest BCUT2D eigenvalue weighted by Gasteiger charge is 2.20. The highest BCUT2D eigenvalue weighted by atomic mass is 32.1. The van der Waals surface area contributed by atoms with Crippen LogP contribution >= 0.6 is 22.7 Å². The zero-order valence-corrected chi connectivity index (χ0v) is 28.1. The van der Waals surface area contributed by atoms with Crippen molar-refractivity contribution in [1.82, 2.24) is 24.9 Å². The van der Waals surface area contributed by atoms with E-state index >= 15 is 0 Å². The van der Waals surface area contributed by atoms with Gasteiger partial charge in [-0.05, 0) is 30.3 Å². The normalized spacial score (nSPS) is 11.6. The quantitative estimate of drug-likeness (QED) is 0.182. The summed E-state index contributed by atoms with van der Waals surface area (Å²) in [5.74, 6) is 2.63. The zero-order valence-electron chi connectivity index (χ0n) is 26.5. The Morgan fingerprint density at radius 1 is 0.360 bits per heavy atom. The molecule has 10 aromatic rings. The van der Waals surface area contributed by atoms with Gasteiger partial charge in [0.2, 0.25) is 0 Å². The molecule has 4 heterocycles. The van der Waals surface area contributed by atoms with Gasteiger partial charge in [0, 0.05) is 58.1 Å². The van der Waals surface area contributed by atoms with Gasteiger partial charge in [-0.3, -0.25) is 0 Å². The van der Waals surface area contributed by atoms with Crippen LogP contribution in [-0.4, -0.2) is 24.9 Å². The van der Waals surface area contributed by atoms with Gasteiger partial charge in [-0.15, -0.1) is 22.7 Å². The Hall–Kier alpha value is -6.15. The van der Waals surface area contributed by atoms with E-state index in [4.69, 9.17) is 24.9 Å². The Kier molecular flexibility index (Phi) is 6.79. The molecule has 0 aliphatic carbocycles. The molecule has 0 fully saturated rings. The summed E-state index contributed by atoms with van der Waals surface area (Å²) in [5, 5.41) is 3.41. The summed E-state index contributed by atoms with van der Waals surface area (Å²) >= 11 is 3.53. The predicted octanol–water partition coefficient (Wildman–Crippen LogP) is 11.7. The molecule has 6 aromatic carbocycles. The third-order valence-corrected chi connectivity index (χ3v) is 11.3. The van der Waals surface area contributed by atoms with Gasteiger partial charge in [-0.1, -0.05) is 121 Å². The smallest absolute Gasteiger partial charge is 0.164 e. The average molecular weight is 676 g/mol. The average Bonchev–Trinajstić information content (AvgIpc) is 3.76. The van der Waals surface area contributed by atoms with Gasteiger partial charge in [-0.2, -0.15) is 0 Å². The summed E-state index contributed by atoms with van der Waals surface area (Å²) < 4.78 is 4.67. The molecule has 0 radical (unpaired) electrons. The fraction of sp³-hybridized carbons (Fsp3) is 0. The van der Waals surface area contributed by atoms with Crippen LogP contribution in [-0.2, 0) is 0 Å². The zero-order chi connectivity index (χ0) is 33.0. The number of rotatable bonds is 5. The molecular formula is C43H25N5S2. The van der Waals surface area contributed by atoms with Crippen LogP contribution in [0.4, 0.5) is 0 Å². The van der Waals surface area contributed by atoms with Crippen molar-refractivity contribution in [1.29, 1.82) is 0 Å². The second-order valence-electron chi connectivity index (χ2n) is 12.1. The van der Waals surface area contributed by atoms with Crippen LogP contribution in [0.5, 0.6) is 0 Å². The van der Waals surface area contributed by atoms with E-state index in [0.717, 1.165) is 59.9 Å². The lowest BCUT2D eigenvalue weighted by molar-refractivity contribution is 1.07. The van der Waals surface area contributed by atoms with Gasteiger partial charge < -0.3 is 0 Å². The van der Waals surface area contributed by atoms with Crippen molar-refractivity contribution in [2.45, 2.75) is 0 Å². The van der Waals surface area contributed by atoms with Gasteiger partial charge in [0.15, 0.2) is 23.3 Å². The molecule has 0 atom stereocenters. The van der Waals surface area contributed by atoms with Crippen LogP contribution in [0.2, 0.25) is 0 Å². The van der Waals surface area contributed by atoms with Gasteiger partial charge in [-0.25, -0.2) is 24.9 Å². The topological polar surface area (TPSA) is 64.5 Å². The molecule has 5 nitrogen and oxygen atoms in total. The lowest BCUT2D eigenvalue weighted by atomic mass is 10.0. The molecule has 0 saturated heterocycles. The van der Waals surface area contributed by atoms with Crippen LogP contribution in [0, 0.1) is 0 Å². The third-order valence-electron chi connectivity index (χ3n) is 8.96. The van der Waals surface area contributed by atoms with Crippen LogP contribution < -0.4 is 0 Å². The van der Waals surface area contributed by atoms with E-state index in [1.165, 1.54) is 14.1 Å². The number of aromatic nitrogens is 5. The van der Waals surface area contributed by atoms with Gasteiger partial charge >= 0.3 is 0 Å². The van der Waals surface area contributed by atoms with Gasteiger partial charge in [0.05, 0.1) is 15.9 Å². The molecule has 7 heteroatoms. The molecule has 10 rings (SSSR count). The van der Waals surface area contributed by atoms with Gasteiger partial charge in [0.25, 0.3) is 0 Å². The fourth-order valence-corrected chi connectivity index (χ4v) is 8.86. The summed E-state index contributed by atoms with van der Waals surface area (Å²) in [6.45, 7) is 0. The number of fused-ring (bicyclic) bond motifs is 6. The molecule has 4 aromatic heterocycles. The van der Waals surface area contributed by atoms with Crippen molar-refractivity contribution in [2.24, 2.45) is 0 Å². The standard InChI is InChI=1S/C43H25N5S2/c1-4-13-26(14-5-1)37-39-38(30-19-10-11-21-33(30)50-39)45-43(44-37)31-20-12-22-35-36(31)32-25-29(23-24-34(32)49-35)42-47-40(27-15-6-2-7-16-27)46-41(48-42)28-17-8-3-9-18-28/h1-25H. The number of nitrogens with zero attached hydrogens (tertiary/aromatic N) is 5. The first-order chi connectivity index (χ1) is 24.8. The van der Waals surface area contributed by atoms with Crippen molar-refractivity contribution < 1.29 is 0 Å². The van der Waals surface area contributed by atoms with E-state index in [9.17, 15) is 0 Å². The second kappa shape index (κ2) is 11.8. The minimum Gasteiger partial charge on any atom is -0.226 e. The van der Waals surface area contributed by atoms with E-state index in [1.54, 1.807) is 22.7 Å². The molecule has 0 unspecified atom stereocenters. The molecule has 0 aliphatic heterocycles. The van der Waals surface area contributed by atoms with Crippen molar-refractivity contribution >= 4 is 63.1 Å². The summed E-state index contributed by atoms with van der Waals surface area (Å²) in [5.41, 5.74) is 6.84. The lowest BCUT2D eigenvalue weighted by Crippen LogP contribution is -2.00. The first-order valence-electron chi connectivity index (χ1n) is 16.3. The second-order valence-corrected chi connectivity index (χ2v) is 14.2. The Labute approximate surface area is 295 Å². The number of thiophene rings is 2. The first-order valence-corrected chi connectivity index (χ1v) is 18.0. The van der Waals surface area contributed by atoms with Crippen LogP contribution in [0.15, 0.2) is 152 Å². The number of hydrogen-bond acceptors (Lipinski definition) is 7. The minimum absolute atomic E-state index is 0.630. The maximum Gasteiger partial charge on any atom is 0.164 e. The van der Waals surface area contributed by atoms with E-state index in [1.807, 2.05) is 66.7 Å². The summed E-state index contributed by atoms with van der Waals surface area (Å²) in [7, 11) is 0. The fourth-order valence-electron chi connectivity index (χ4n) is 6.59. The van der Waals surface area contributed by atoms with E-state index in [-0.39, 0.29) is 0 Å². The van der Waals surface area contributed by atoms with Crippen LogP contribution in [0.1, 0.15) is 0 Å². The van der Waals surface area contributed by atoms with E-state index < -0.39 is 0 Å². The van der Waals surface area contributed by atoms with Crippen molar-refractivity contribution in [3.8, 4) is 56.8 Å². The summed E-state index contributed by atoms with van der Waals surface area (Å²) in [6.07, 6.45) is 0. The maximum absolute atomic E-state index is 5.32. The molecular weight excluding hydrogens is 651 g/mol. The van der Waals surface area contributed by atoms with E-state index in [0.29, 0.717) is 23.3 Å². The molecule has 0 spiro atoms. The highest BCUT2D eigenvalue weighted by Crippen LogP contribution is 2.43. The van der Waals surface area contributed by atoms with Crippen LogP contribution in [0.25, 0.3) is 97.3 Å². The predicted molar refractivity (Wildman–Crippen MR) is 208 cm³/mol. The molecule has 0 saturated carbocycles. The number of benzene rings is 6. The van der Waals surface area contributed by atoms with Gasteiger partial charge in [0.1, 0.15) is 0 Å². The Morgan fingerprint density at radius 3 is 1.64 bits per heavy atom. The monoisotopic (exact) mass is 675 g/mol. The Balaban J connectivity index is 1.20. The molecule has 50 heavy (non-hydrogen) atoms. The Bertz CT molecular complexity index is 2810. The molecule has 234 valence electrons. The van der Waals surface area contributed by atoms with Crippen LogP contribution in [0.3, 0.4) is 0 Å². The largest absolute Gasteiger partial charge is 0.226 e. The molecule has 0 aliphatic rings. The van der Waals surface area contributed by atoms with E-state index in [2.05, 4.69) is 84.9 Å².